The van der Waals surface area contributed by atoms with Gasteiger partial charge < -0.3 is 14.4 Å². The van der Waals surface area contributed by atoms with Gasteiger partial charge in [0.05, 0.1) is 12.7 Å². The molecule has 1 N–H and O–H groups in total. The number of likely N-dealkylation sites (tertiary alicyclic amines) is 1. The third-order valence-electron chi connectivity index (χ3n) is 4.01. The molecule has 1 aromatic carbocycles. The van der Waals surface area contributed by atoms with Crippen LogP contribution in [0, 0.1) is 6.92 Å². The van der Waals surface area contributed by atoms with Gasteiger partial charge in [-0.3, -0.25) is 4.79 Å². The molecule has 1 saturated heterocycles. The zero-order valence-corrected chi connectivity index (χ0v) is 11.8. The molecule has 1 fully saturated rings. The van der Waals surface area contributed by atoms with Gasteiger partial charge in [0.1, 0.15) is 11.6 Å². The first-order chi connectivity index (χ1) is 10.1. The SMILES string of the molecule is Cc1ccc2c(CC(=O)N3CCC[C@H]3C(=O)O)coc2c1. The van der Waals surface area contributed by atoms with Gasteiger partial charge in [0, 0.05) is 17.5 Å². The molecule has 5 heteroatoms. The highest BCUT2D eigenvalue weighted by Crippen LogP contribution is 2.25. The molecule has 110 valence electrons. The molecule has 0 radical (unpaired) electrons. The second-order valence-electron chi connectivity index (χ2n) is 5.52. The molecule has 0 unspecified atom stereocenters. The quantitative estimate of drug-likeness (QED) is 0.940. The third-order valence-corrected chi connectivity index (χ3v) is 4.01. The predicted molar refractivity (Wildman–Crippen MR) is 77.0 cm³/mol. The van der Waals surface area contributed by atoms with Crippen molar-refractivity contribution in [3.05, 3.63) is 35.6 Å². The standard InChI is InChI=1S/C16H17NO4/c1-10-4-5-12-11(9-21-14(12)7-10)8-15(18)17-6-2-3-13(17)16(19)20/h4-5,7,9,13H,2-3,6,8H2,1H3,(H,19,20)/t13-/m0/s1. The summed E-state index contributed by atoms with van der Waals surface area (Å²) < 4.78 is 5.48. The van der Waals surface area contributed by atoms with Crippen molar-refractivity contribution in [3.8, 4) is 0 Å². The number of rotatable bonds is 3. The van der Waals surface area contributed by atoms with Gasteiger partial charge in [-0.2, -0.15) is 0 Å². The van der Waals surface area contributed by atoms with Crippen LogP contribution in [0.1, 0.15) is 24.0 Å². The Labute approximate surface area is 122 Å². The van der Waals surface area contributed by atoms with Gasteiger partial charge in [-0.05, 0) is 31.4 Å². The molecular formula is C16H17NO4. The molecule has 1 aromatic heterocycles. The van der Waals surface area contributed by atoms with Gasteiger partial charge in [-0.15, -0.1) is 0 Å². The molecule has 2 aromatic rings. The van der Waals surface area contributed by atoms with Crippen molar-refractivity contribution in [1.82, 2.24) is 4.90 Å². The molecule has 3 rings (SSSR count). The lowest BCUT2D eigenvalue weighted by atomic mass is 10.1. The van der Waals surface area contributed by atoms with E-state index in [1.807, 2.05) is 25.1 Å². The van der Waals surface area contributed by atoms with E-state index in [9.17, 15) is 9.59 Å². The number of carbonyl (C=O) groups is 2. The van der Waals surface area contributed by atoms with E-state index in [0.29, 0.717) is 13.0 Å². The Morgan fingerprint density at radius 2 is 2.24 bits per heavy atom. The highest BCUT2D eigenvalue weighted by Gasteiger charge is 2.33. The number of carboxylic acids is 1. The van der Waals surface area contributed by atoms with Gasteiger partial charge in [0.25, 0.3) is 0 Å². The van der Waals surface area contributed by atoms with Gasteiger partial charge in [-0.1, -0.05) is 12.1 Å². The van der Waals surface area contributed by atoms with Gasteiger partial charge in [0.15, 0.2) is 0 Å². The van der Waals surface area contributed by atoms with Crippen molar-refractivity contribution in [1.29, 1.82) is 0 Å². The van der Waals surface area contributed by atoms with E-state index < -0.39 is 12.0 Å². The van der Waals surface area contributed by atoms with Crippen LogP contribution in [0.25, 0.3) is 11.0 Å². The number of carbonyl (C=O) groups excluding carboxylic acids is 1. The first kappa shape index (κ1) is 13.7. The minimum Gasteiger partial charge on any atom is -0.480 e. The molecule has 0 saturated carbocycles. The molecular weight excluding hydrogens is 270 g/mol. The Morgan fingerprint density at radius 3 is 3.00 bits per heavy atom. The van der Waals surface area contributed by atoms with Gasteiger partial charge in [0.2, 0.25) is 5.91 Å². The van der Waals surface area contributed by atoms with Crippen LogP contribution >= 0.6 is 0 Å². The number of furan rings is 1. The average Bonchev–Trinajstić information content (AvgIpc) is 3.05. The highest BCUT2D eigenvalue weighted by atomic mass is 16.4. The lowest BCUT2D eigenvalue weighted by molar-refractivity contribution is -0.147. The fourth-order valence-corrected chi connectivity index (χ4v) is 2.91. The van der Waals surface area contributed by atoms with E-state index in [0.717, 1.165) is 28.5 Å². The number of aliphatic carboxylic acids is 1. The van der Waals surface area contributed by atoms with Crippen LogP contribution in [-0.4, -0.2) is 34.5 Å². The van der Waals surface area contributed by atoms with Gasteiger partial charge in [-0.25, -0.2) is 4.79 Å². The number of nitrogens with zero attached hydrogens (tertiary/aromatic N) is 1. The van der Waals surface area contributed by atoms with Crippen LogP contribution < -0.4 is 0 Å². The third kappa shape index (κ3) is 2.51. The average molecular weight is 287 g/mol. The van der Waals surface area contributed by atoms with Crippen LogP contribution in [-0.2, 0) is 16.0 Å². The van der Waals surface area contributed by atoms with Crippen LogP contribution in [0.2, 0.25) is 0 Å². The van der Waals surface area contributed by atoms with Crippen molar-refractivity contribution < 1.29 is 19.1 Å². The second kappa shape index (κ2) is 5.24. The second-order valence-corrected chi connectivity index (χ2v) is 5.52. The molecule has 2 heterocycles. The summed E-state index contributed by atoms with van der Waals surface area (Å²) in [6.45, 7) is 2.50. The maximum atomic E-state index is 12.4. The van der Waals surface area contributed by atoms with Crippen molar-refractivity contribution in [2.24, 2.45) is 0 Å². The van der Waals surface area contributed by atoms with Crippen LogP contribution in [0.5, 0.6) is 0 Å². The number of amides is 1. The lowest BCUT2D eigenvalue weighted by Gasteiger charge is -2.21. The van der Waals surface area contributed by atoms with E-state index in [1.165, 1.54) is 4.90 Å². The molecule has 21 heavy (non-hydrogen) atoms. The number of aryl methyl sites for hydroxylation is 1. The highest BCUT2D eigenvalue weighted by molar-refractivity contribution is 5.90. The van der Waals surface area contributed by atoms with Crippen LogP contribution in [0.4, 0.5) is 0 Å². The summed E-state index contributed by atoms with van der Waals surface area (Å²) in [6.07, 6.45) is 3.05. The Morgan fingerprint density at radius 1 is 1.43 bits per heavy atom. The van der Waals surface area contributed by atoms with Crippen LogP contribution in [0.15, 0.2) is 28.9 Å². The summed E-state index contributed by atoms with van der Waals surface area (Å²) in [6, 6.07) is 5.16. The van der Waals surface area contributed by atoms with E-state index in [2.05, 4.69) is 0 Å². The molecule has 1 aliphatic heterocycles. The number of benzene rings is 1. The monoisotopic (exact) mass is 287 g/mol. The first-order valence-corrected chi connectivity index (χ1v) is 7.05. The smallest absolute Gasteiger partial charge is 0.326 e. The number of hydrogen-bond donors (Lipinski definition) is 1. The fraction of sp³-hybridized carbons (Fsp3) is 0.375. The lowest BCUT2D eigenvalue weighted by Crippen LogP contribution is -2.41. The summed E-state index contributed by atoms with van der Waals surface area (Å²) >= 11 is 0. The van der Waals surface area contributed by atoms with E-state index in [4.69, 9.17) is 9.52 Å². The topological polar surface area (TPSA) is 70.8 Å². The van der Waals surface area contributed by atoms with E-state index in [1.54, 1.807) is 6.26 Å². The maximum absolute atomic E-state index is 12.4. The molecule has 1 amide bonds. The summed E-state index contributed by atoms with van der Waals surface area (Å²) in [5.41, 5.74) is 2.67. The predicted octanol–water partition coefficient (Wildman–Crippen LogP) is 2.36. The summed E-state index contributed by atoms with van der Waals surface area (Å²) in [4.78, 5) is 25.0. The summed E-state index contributed by atoms with van der Waals surface area (Å²) in [5.74, 6) is -1.07. The zero-order chi connectivity index (χ0) is 15.0. The Bertz CT molecular complexity index is 703. The molecule has 0 spiro atoms. The normalized spacial score (nSPS) is 18.3. The molecule has 0 aliphatic carbocycles. The Kier molecular flexibility index (Phi) is 3.41. The minimum atomic E-state index is -0.923. The minimum absolute atomic E-state index is 0.150. The van der Waals surface area contributed by atoms with Crippen molar-refractivity contribution in [2.45, 2.75) is 32.2 Å². The fourth-order valence-electron chi connectivity index (χ4n) is 2.91. The Balaban J connectivity index is 1.82. The first-order valence-electron chi connectivity index (χ1n) is 7.05. The number of carboxylic acid groups (broad SMARTS) is 1. The van der Waals surface area contributed by atoms with Crippen molar-refractivity contribution in [3.63, 3.8) is 0 Å². The number of hydrogen-bond acceptors (Lipinski definition) is 3. The zero-order valence-electron chi connectivity index (χ0n) is 11.8. The molecule has 5 nitrogen and oxygen atoms in total. The molecule has 0 bridgehead atoms. The maximum Gasteiger partial charge on any atom is 0.326 e. The van der Waals surface area contributed by atoms with E-state index in [-0.39, 0.29) is 12.3 Å². The van der Waals surface area contributed by atoms with Crippen molar-refractivity contribution in [2.75, 3.05) is 6.54 Å². The summed E-state index contributed by atoms with van der Waals surface area (Å²) in [5, 5.41) is 10.1. The largest absolute Gasteiger partial charge is 0.480 e. The van der Waals surface area contributed by atoms with E-state index >= 15 is 0 Å². The summed E-state index contributed by atoms with van der Waals surface area (Å²) in [7, 11) is 0. The Hall–Kier alpha value is -2.30. The molecule has 1 aliphatic rings. The number of fused-ring (bicyclic) bond motifs is 1. The van der Waals surface area contributed by atoms with Crippen LogP contribution in [0.3, 0.4) is 0 Å². The molecule has 1 atom stereocenters. The van der Waals surface area contributed by atoms with Gasteiger partial charge >= 0.3 is 5.97 Å². The van der Waals surface area contributed by atoms with Crippen molar-refractivity contribution >= 4 is 22.8 Å².